The average molecular weight is 359 g/mol. The number of anilines is 2. The van der Waals surface area contributed by atoms with E-state index >= 15 is 0 Å². The lowest BCUT2D eigenvalue weighted by Crippen LogP contribution is -2.35. The van der Waals surface area contributed by atoms with Crippen molar-refractivity contribution in [3.63, 3.8) is 0 Å². The van der Waals surface area contributed by atoms with Crippen LogP contribution in [0.5, 0.6) is 0 Å². The van der Waals surface area contributed by atoms with Crippen LogP contribution in [0.15, 0.2) is 42.7 Å². The molecule has 0 saturated carbocycles. The second kappa shape index (κ2) is 7.12. The highest BCUT2D eigenvalue weighted by Crippen LogP contribution is 2.29. The van der Waals surface area contributed by atoms with Gasteiger partial charge in [0.1, 0.15) is 5.82 Å². The SMILES string of the molecule is Cn1ccc2c(Nc3cccc(C#N)c3)ncc(C(=O)N3CCCCC3)c21. The molecule has 1 aliphatic heterocycles. The number of likely N-dealkylation sites (tertiary alicyclic amines) is 1. The Morgan fingerprint density at radius 2 is 2.04 bits per heavy atom. The summed E-state index contributed by atoms with van der Waals surface area (Å²) in [5, 5.41) is 13.3. The first-order valence-electron chi connectivity index (χ1n) is 9.18. The number of fused-ring (bicyclic) bond motifs is 1. The zero-order valence-corrected chi connectivity index (χ0v) is 15.3. The summed E-state index contributed by atoms with van der Waals surface area (Å²) >= 11 is 0. The highest BCUT2D eigenvalue weighted by atomic mass is 16.2. The van der Waals surface area contributed by atoms with Crippen molar-refractivity contribution in [2.45, 2.75) is 19.3 Å². The highest BCUT2D eigenvalue weighted by molar-refractivity contribution is 6.08. The molecule has 0 unspecified atom stereocenters. The van der Waals surface area contributed by atoms with Crippen LogP contribution >= 0.6 is 0 Å². The Labute approximate surface area is 158 Å². The topological polar surface area (TPSA) is 74.0 Å². The molecule has 6 nitrogen and oxygen atoms in total. The van der Waals surface area contributed by atoms with Gasteiger partial charge in [-0.2, -0.15) is 5.26 Å². The minimum Gasteiger partial charge on any atom is -0.350 e. The molecule has 0 atom stereocenters. The van der Waals surface area contributed by atoms with Crippen molar-refractivity contribution >= 4 is 28.3 Å². The highest BCUT2D eigenvalue weighted by Gasteiger charge is 2.23. The Kier molecular flexibility index (Phi) is 4.51. The Hall–Kier alpha value is -3.33. The maximum atomic E-state index is 13.0. The van der Waals surface area contributed by atoms with Crippen molar-refractivity contribution in [3.8, 4) is 6.07 Å². The Bertz CT molecular complexity index is 1040. The van der Waals surface area contributed by atoms with Crippen LogP contribution in [-0.2, 0) is 7.05 Å². The van der Waals surface area contributed by atoms with Gasteiger partial charge in [-0.1, -0.05) is 6.07 Å². The molecule has 1 fully saturated rings. The Morgan fingerprint density at radius 1 is 1.22 bits per heavy atom. The first-order valence-corrected chi connectivity index (χ1v) is 9.18. The molecule has 1 aromatic carbocycles. The number of carbonyl (C=O) groups excluding carboxylic acids is 1. The summed E-state index contributed by atoms with van der Waals surface area (Å²) in [6.45, 7) is 1.62. The molecule has 1 amide bonds. The molecule has 0 bridgehead atoms. The first kappa shape index (κ1) is 17.1. The van der Waals surface area contributed by atoms with Gasteiger partial charge in [0.15, 0.2) is 0 Å². The number of aryl methyl sites for hydroxylation is 1. The Morgan fingerprint density at radius 3 is 2.81 bits per heavy atom. The molecule has 3 heterocycles. The summed E-state index contributed by atoms with van der Waals surface area (Å²) in [5.74, 6) is 0.725. The van der Waals surface area contributed by atoms with E-state index in [1.807, 2.05) is 40.9 Å². The molecular formula is C21H21N5O. The molecular weight excluding hydrogens is 338 g/mol. The number of nitrogens with one attached hydrogen (secondary N) is 1. The maximum Gasteiger partial charge on any atom is 0.257 e. The summed E-state index contributed by atoms with van der Waals surface area (Å²) in [4.78, 5) is 19.5. The Balaban J connectivity index is 1.72. The van der Waals surface area contributed by atoms with Crippen LogP contribution in [0.4, 0.5) is 11.5 Å². The van der Waals surface area contributed by atoms with Gasteiger partial charge in [-0.3, -0.25) is 4.79 Å². The number of nitrogens with zero attached hydrogens (tertiary/aromatic N) is 4. The van der Waals surface area contributed by atoms with Crippen molar-refractivity contribution in [1.82, 2.24) is 14.5 Å². The van der Waals surface area contributed by atoms with E-state index in [1.165, 1.54) is 6.42 Å². The molecule has 1 aliphatic rings. The van der Waals surface area contributed by atoms with Crippen LogP contribution in [0, 0.1) is 11.3 Å². The molecule has 1 saturated heterocycles. The predicted molar refractivity (Wildman–Crippen MR) is 105 cm³/mol. The van der Waals surface area contributed by atoms with Gasteiger partial charge in [0.05, 0.1) is 22.7 Å². The smallest absolute Gasteiger partial charge is 0.257 e. The monoisotopic (exact) mass is 359 g/mol. The first-order chi connectivity index (χ1) is 13.2. The summed E-state index contributed by atoms with van der Waals surface area (Å²) in [6.07, 6.45) is 6.91. The number of hydrogen-bond acceptors (Lipinski definition) is 4. The van der Waals surface area contributed by atoms with Gasteiger partial charge in [-0.05, 0) is 43.5 Å². The molecule has 3 aromatic rings. The number of amides is 1. The third-order valence-corrected chi connectivity index (χ3v) is 5.03. The molecule has 2 aromatic heterocycles. The molecule has 4 rings (SSSR count). The number of aromatic nitrogens is 2. The zero-order chi connectivity index (χ0) is 18.8. The van der Waals surface area contributed by atoms with E-state index in [0.29, 0.717) is 16.9 Å². The van der Waals surface area contributed by atoms with Gasteiger partial charge < -0.3 is 14.8 Å². The van der Waals surface area contributed by atoms with Crippen LogP contribution in [0.1, 0.15) is 35.2 Å². The maximum absolute atomic E-state index is 13.0. The van der Waals surface area contributed by atoms with Gasteiger partial charge in [0.25, 0.3) is 5.91 Å². The molecule has 6 heteroatoms. The third kappa shape index (κ3) is 3.24. The summed E-state index contributed by atoms with van der Waals surface area (Å²) in [5.41, 5.74) is 2.89. The molecule has 0 radical (unpaired) electrons. The number of pyridine rings is 1. The van der Waals surface area contributed by atoms with Crippen LogP contribution in [0.25, 0.3) is 10.9 Å². The van der Waals surface area contributed by atoms with Gasteiger partial charge in [0, 0.05) is 43.6 Å². The van der Waals surface area contributed by atoms with E-state index in [1.54, 1.807) is 18.3 Å². The number of carbonyl (C=O) groups is 1. The number of benzene rings is 1. The zero-order valence-electron chi connectivity index (χ0n) is 15.3. The van der Waals surface area contributed by atoms with Gasteiger partial charge in [-0.25, -0.2) is 4.98 Å². The van der Waals surface area contributed by atoms with Crippen molar-refractivity contribution in [2.75, 3.05) is 18.4 Å². The predicted octanol–water partition coefficient (Wildman–Crippen LogP) is 3.81. The van der Waals surface area contributed by atoms with E-state index < -0.39 is 0 Å². The number of piperidine rings is 1. The molecule has 0 aliphatic carbocycles. The van der Waals surface area contributed by atoms with E-state index in [0.717, 1.165) is 42.5 Å². The van der Waals surface area contributed by atoms with E-state index in [9.17, 15) is 4.79 Å². The standard InChI is InChI=1S/C21H21N5O/c1-25-11-8-17-19(25)18(21(27)26-9-3-2-4-10-26)14-23-20(17)24-16-7-5-6-15(12-16)13-22/h5-8,11-12,14H,2-4,9-10H2,1H3,(H,23,24). The minimum absolute atomic E-state index is 0.0482. The second-order valence-electron chi connectivity index (χ2n) is 6.88. The van der Waals surface area contributed by atoms with Crippen molar-refractivity contribution < 1.29 is 4.79 Å². The van der Waals surface area contributed by atoms with Gasteiger partial charge in [0.2, 0.25) is 0 Å². The van der Waals surface area contributed by atoms with Crippen molar-refractivity contribution in [2.24, 2.45) is 7.05 Å². The molecule has 1 N–H and O–H groups in total. The average Bonchev–Trinajstić information content (AvgIpc) is 3.11. The third-order valence-electron chi connectivity index (χ3n) is 5.03. The lowest BCUT2D eigenvalue weighted by Gasteiger charge is -2.27. The number of nitriles is 1. The van der Waals surface area contributed by atoms with Gasteiger partial charge in [-0.15, -0.1) is 0 Å². The fourth-order valence-corrected chi connectivity index (χ4v) is 3.64. The lowest BCUT2D eigenvalue weighted by atomic mass is 10.1. The van der Waals surface area contributed by atoms with Gasteiger partial charge >= 0.3 is 0 Å². The van der Waals surface area contributed by atoms with E-state index in [2.05, 4.69) is 16.4 Å². The molecule has 27 heavy (non-hydrogen) atoms. The van der Waals surface area contributed by atoms with Crippen LogP contribution in [0.2, 0.25) is 0 Å². The largest absolute Gasteiger partial charge is 0.350 e. The van der Waals surface area contributed by atoms with Crippen molar-refractivity contribution in [1.29, 1.82) is 5.26 Å². The van der Waals surface area contributed by atoms with Crippen LogP contribution < -0.4 is 5.32 Å². The lowest BCUT2D eigenvalue weighted by molar-refractivity contribution is 0.0725. The number of rotatable bonds is 3. The van der Waals surface area contributed by atoms with Crippen molar-refractivity contribution in [3.05, 3.63) is 53.9 Å². The van der Waals surface area contributed by atoms with E-state index in [4.69, 9.17) is 5.26 Å². The number of hydrogen-bond donors (Lipinski definition) is 1. The fourth-order valence-electron chi connectivity index (χ4n) is 3.64. The quantitative estimate of drug-likeness (QED) is 0.771. The van der Waals surface area contributed by atoms with Crippen LogP contribution in [-0.4, -0.2) is 33.4 Å². The molecule has 0 spiro atoms. The minimum atomic E-state index is 0.0482. The van der Waals surface area contributed by atoms with Crippen LogP contribution in [0.3, 0.4) is 0 Å². The summed E-state index contributed by atoms with van der Waals surface area (Å²) in [7, 11) is 1.94. The summed E-state index contributed by atoms with van der Waals surface area (Å²) in [6, 6.07) is 11.4. The molecule has 136 valence electrons. The fraction of sp³-hybridized carbons (Fsp3) is 0.286. The second-order valence-corrected chi connectivity index (χ2v) is 6.88. The summed E-state index contributed by atoms with van der Waals surface area (Å²) < 4.78 is 1.96. The van der Waals surface area contributed by atoms with E-state index in [-0.39, 0.29) is 5.91 Å². The normalized spacial score (nSPS) is 14.1.